The fourth-order valence-corrected chi connectivity index (χ4v) is 3.06. The Labute approximate surface area is 174 Å². The number of carbonyl (C=O) groups is 2. The first-order chi connectivity index (χ1) is 14.5. The van der Waals surface area contributed by atoms with Crippen LogP contribution < -0.4 is 10.1 Å². The minimum absolute atomic E-state index is 0.0587. The summed E-state index contributed by atoms with van der Waals surface area (Å²) in [5.74, 6) is -0.455. The zero-order valence-corrected chi connectivity index (χ0v) is 17.0. The number of unbranched alkanes of at least 4 members (excludes halogenated alkanes) is 1. The molecule has 8 nitrogen and oxygen atoms in total. The summed E-state index contributed by atoms with van der Waals surface area (Å²) < 4.78 is 7.01. The first-order valence-electron chi connectivity index (χ1n) is 9.72. The van der Waals surface area contributed by atoms with Gasteiger partial charge in [-0.15, -0.1) is 10.2 Å². The summed E-state index contributed by atoms with van der Waals surface area (Å²) >= 11 is 0. The van der Waals surface area contributed by atoms with E-state index in [1.54, 1.807) is 54.1 Å². The highest BCUT2D eigenvalue weighted by Crippen LogP contribution is 2.40. The average Bonchev–Trinajstić information content (AvgIpc) is 3.04. The number of nitrogens with one attached hydrogen (secondary N) is 1. The Morgan fingerprint density at radius 1 is 1.17 bits per heavy atom. The number of hydrogen-bond acceptors (Lipinski definition) is 5. The van der Waals surface area contributed by atoms with Gasteiger partial charge in [0, 0.05) is 17.5 Å². The van der Waals surface area contributed by atoms with Crippen LogP contribution in [0, 0.1) is 0 Å². The molecule has 0 aliphatic carbocycles. The van der Waals surface area contributed by atoms with Crippen LogP contribution in [0.1, 0.15) is 30.1 Å². The van der Waals surface area contributed by atoms with Crippen molar-refractivity contribution in [2.45, 2.75) is 26.3 Å². The fraction of sp³-hybridized carbons (Fsp3) is 0.273. The number of aromatic hydroxyl groups is 1. The number of carbonyl (C=O) groups excluding carboxylic acids is 2. The second-order valence-electron chi connectivity index (χ2n) is 6.70. The molecule has 1 heterocycles. The molecule has 30 heavy (non-hydrogen) atoms. The summed E-state index contributed by atoms with van der Waals surface area (Å²) in [6, 6.07) is 14.0. The van der Waals surface area contributed by atoms with Crippen LogP contribution in [0.4, 0.5) is 5.69 Å². The predicted molar refractivity (Wildman–Crippen MR) is 113 cm³/mol. The number of aryl methyl sites for hydroxylation is 1. The highest BCUT2D eigenvalue weighted by molar-refractivity contribution is 5.97. The molecule has 2 aromatic carbocycles. The van der Waals surface area contributed by atoms with Crippen molar-refractivity contribution in [3.05, 3.63) is 54.1 Å². The Hall–Kier alpha value is -3.68. The van der Waals surface area contributed by atoms with E-state index in [1.807, 2.05) is 6.07 Å². The molecule has 0 atom stereocenters. The smallest absolute Gasteiger partial charge is 0.283 e. The SMILES string of the molecule is CCCCn1c(O)c(N=NC(=O)CNC(=O)c2ccccc2)c2cc(OC)ccc21. The zero-order valence-electron chi connectivity index (χ0n) is 17.0. The number of azo groups is 1. The van der Waals surface area contributed by atoms with Crippen LogP contribution in [-0.4, -0.2) is 35.1 Å². The van der Waals surface area contributed by atoms with Gasteiger partial charge in [-0.25, -0.2) is 0 Å². The van der Waals surface area contributed by atoms with Crippen molar-refractivity contribution in [2.24, 2.45) is 10.2 Å². The highest BCUT2D eigenvalue weighted by atomic mass is 16.5. The van der Waals surface area contributed by atoms with E-state index in [-0.39, 0.29) is 24.0 Å². The monoisotopic (exact) mass is 408 g/mol. The summed E-state index contributed by atoms with van der Waals surface area (Å²) in [4.78, 5) is 24.1. The van der Waals surface area contributed by atoms with E-state index >= 15 is 0 Å². The molecular weight excluding hydrogens is 384 g/mol. The maximum atomic E-state index is 12.1. The van der Waals surface area contributed by atoms with Crippen LogP contribution in [0.25, 0.3) is 10.9 Å². The number of nitrogens with zero attached hydrogens (tertiary/aromatic N) is 3. The number of methoxy groups -OCH3 is 1. The maximum Gasteiger partial charge on any atom is 0.283 e. The molecule has 0 spiro atoms. The van der Waals surface area contributed by atoms with E-state index in [0.29, 0.717) is 23.2 Å². The molecule has 2 N–H and O–H groups in total. The lowest BCUT2D eigenvalue weighted by Gasteiger charge is -2.05. The minimum atomic E-state index is -0.629. The van der Waals surface area contributed by atoms with Gasteiger partial charge < -0.3 is 19.7 Å². The molecule has 3 aromatic rings. The number of amides is 2. The zero-order chi connectivity index (χ0) is 21.5. The van der Waals surface area contributed by atoms with Gasteiger partial charge in [-0.1, -0.05) is 31.5 Å². The molecule has 2 amide bonds. The molecule has 0 radical (unpaired) electrons. The van der Waals surface area contributed by atoms with Gasteiger partial charge >= 0.3 is 0 Å². The molecule has 0 aliphatic heterocycles. The van der Waals surface area contributed by atoms with Crippen LogP contribution >= 0.6 is 0 Å². The van der Waals surface area contributed by atoms with E-state index < -0.39 is 5.91 Å². The average molecular weight is 408 g/mol. The molecule has 0 bridgehead atoms. The quantitative estimate of drug-likeness (QED) is 0.545. The van der Waals surface area contributed by atoms with Crippen LogP contribution in [0.3, 0.4) is 0 Å². The minimum Gasteiger partial charge on any atom is -0.497 e. The first kappa shape index (κ1) is 21.0. The van der Waals surface area contributed by atoms with Crippen LogP contribution in [-0.2, 0) is 11.3 Å². The molecule has 3 rings (SSSR count). The van der Waals surface area contributed by atoms with E-state index in [9.17, 15) is 14.7 Å². The fourth-order valence-electron chi connectivity index (χ4n) is 3.06. The molecule has 0 unspecified atom stereocenters. The summed E-state index contributed by atoms with van der Waals surface area (Å²) in [7, 11) is 1.55. The van der Waals surface area contributed by atoms with Crippen molar-refractivity contribution in [1.29, 1.82) is 0 Å². The van der Waals surface area contributed by atoms with Crippen molar-refractivity contribution in [1.82, 2.24) is 9.88 Å². The summed E-state index contributed by atoms with van der Waals surface area (Å²) in [5.41, 5.74) is 1.43. The molecule has 0 aliphatic rings. The van der Waals surface area contributed by atoms with Gasteiger partial charge in [0.25, 0.3) is 11.8 Å². The van der Waals surface area contributed by atoms with Crippen LogP contribution in [0.15, 0.2) is 58.8 Å². The van der Waals surface area contributed by atoms with E-state index in [2.05, 4.69) is 22.5 Å². The Morgan fingerprint density at radius 3 is 2.63 bits per heavy atom. The lowest BCUT2D eigenvalue weighted by Crippen LogP contribution is -2.28. The lowest BCUT2D eigenvalue weighted by atomic mass is 10.2. The van der Waals surface area contributed by atoms with Crippen LogP contribution in [0.2, 0.25) is 0 Å². The van der Waals surface area contributed by atoms with E-state index in [4.69, 9.17) is 4.74 Å². The van der Waals surface area contributed by atoms with Gasteiger partial charge in [-0.2, -0.15) is 0 Å². The molecule has 0 saturated carbocycles. The Kier molecular flexibility index (Phi) is 6.79. The third-order valence-electron chi connectivity index (χ3n) is 4.65. The van der Waals surface area contributed by atoms with Crippen molar-refractivity contribution < 1.29 is 19.4 Å². The number of rotatable bonds is 8. The normalized spacial score (nSPS) is 11.1. The van der Waals surface area contributed by atoms with Crippen molar-refractivity contribution in [2.75, 3.05) is 13.7 Å². The Bertz CT molecular complexity index is 1070. The summed E-state index contributed by atoms with van der Waals surface area (Å²) in [6.45, 7) is 2.38. The number of fused-ring (bicyclic) bond motifs is 1. The van der Waals surface area contributed by atoms with Gasteiger partial charge in [0.05, 0.1) is 12.6 Å². The topological polar surface area (TPSA) is 105 Å². The van der Waals surface area contributed by atoms with Crippen LogP contribution in [0.5, 0.6) is 11.6 Å². The predicted octanol–water partition coefficient (Wildman–Crippen LogP) is 4.20. The third kappa shape index (κ3) is 4.65. The van der Waals surface area contributed by atoms with Gasteiger partial charge in [0.2, 0.25) is 5.88 Å². The first-order valence-corrected chi connectivity index (χ1v) is 9.72. The standard InChI is InChI=1S/C22H24N4O4/c1-3-4-12-26-18-11-10-16(30-2)13-17(18)20(22(26)29)25-24-19(27)14-23-21(28)15-8-6-5-7-9-15/h5-11,13,29H,3-4,12,14H2,1-2H3,(H,23,28). The Balaban J connectivity index is 1.79. The second kappa shape index (κ2) is 9.69. The van der Waals surface area contributed by atoms with E-state index in [1.165, 1.54) is 0 Å². The lowest BCUT2D eigenvalue weighted by molar-refractivity contribution is -0.117. The van der Waals surface area contributed by atoms with Crippen molar-refractivity contribution in [3.8, 4) is 11.6 Å². The summed E-state index contributed by atoms with van der Waals surface area (Å²) in [5, 5.41) is 21.5. The second-order valence-corrected chi connectivity index (χ2v) is 6.70. The third-order valence-corrected chi connectivity index (χ3v) is 4.65. The van der Waals surface area contributed by atoms with Gasteiger partial charge in [0.15, 0.2) is 5.69 Å². The van der Waals surface area contributed by atoms with Crippen molar-refractivity contribution in [3.63, 3.8) is 0 Å². The molecule has 0 saturated heterocycles. The maximum absolute atomic E-state index is 12.1. The number of benzene rings is 2. The number of aromatic nitrogens is 1. The molecule has 156 valence electrons. The largest absolute Gasteiger partial charge is 0.497 e. The highest BCUT2D eigenvalue weighted by Gasteiger charge is 2.18. The number of ether oxygens (including phenoxy) is 1. The van der Waals surface area contributed by atoms with Gasteiger partial charge in [-0.05, 0) is 36.8 Å². The molecule has 8 heteroatoms. The van der Waals surface area contributed by atoms with Crippen molar-refractivity contribution >= 4 is 28.4 Å². The Morgan fingerprint density at radius 2 is 1.93 bits per heavy atom. The summed E-state index contributed by atoms with van der Waals surface area (Å²) in [6.07, 6.45) is 1.84. The molecule has 0 fully saturated rings. The molecule has 1 aromatic heterocycles. The van der Waals surface area contributed by atoms with Gasteiger partial charge in [0.1, 0.15) is 12.3 Å². The van der Waals surface area contributed by atoms with E-state index in [0.717, 1.165) is 18.4 Å². The van der Waals surface area contributed by atoms with Gasteiger partial charge in [-0.3, -0.25) is 9.59 Å². The number of hydrogen-bond donors (Lipinski definition) is 2. The molecular formula is C22H24N4O4.